The monoisotopic (exact) mass is 554 g/mol. The van der Waals surface area contributed by atoms with E-state index in [1.54, 1.807) is 0 Å². The number of fused-ring (bicyclic) bond motifs is 1. The van der Waals surface area contributed by atoms with E-state index < -0.39 is 12.1 Å². The largest absolute Gasteiger partial charge is 1.00 e. The van der Waals surface area contributed by atoms with Crippen LogP contribution >= 0.6 is 0 Å². The molecule has 2 atom stereocenters. The summed E-state index contributed by atoms with van der Waals surface area (Å²) in [5.74, 6) is 0.916. The number of ether oxygens (including phenoxy) is 3. The van der Waals surface area contributed by atoms with Crippen molar-refractivity contribution in [2.45, 2.75) is 70.7 Å². The molecule has 0 radical (unpaired) electrons. The van der Waals surface area contributed by atoms with Crippen molar-refractivity contribution >= 4 is 5.97 Å². The molecule has 40 heavy (non-hydrogen) atoms. The molecule has 1 fully saturated rings. The smallest absolute Gasteiger partial charge is 0.550 e. The molecule has 0 saturated heterocycles. The average molecular weight is 555 g/mol. The number of aliphatic hydroxyl groups excluding tert-OH is 2. The Balaban J connectivity index is 0.00000370. The van der Waals surface area contributed by atoms with E-state index in [-0.39, 0.29) is 54.1 Å². The van der Waals surface area contributed by atoms with Crippen molar-refractivity contribution in [3.8, 4) is 28.4 Å². The van der Waals surface area contributed by atoms with Crippen molar-refractivity contribution in [1.82, 2.24) is 0 Å². The summed E-state index contributed by atoms with van der Waals surface area (Å²) >= 11 is 0. The molecule has 1 saturated carbocycles. The minimum atomic E-state index is -1.05. The van der Waals surface area contributed by atoms with Crippen LogP contribution in [0.2, 0.25) is 0 Å². The first-order valence-electron chi connectivity index (χ1n) is 13.5. The maximum absolute atomic E-state index is 11.3. The third-order valence-electron chi connectivity index (χ3n) is 7.97. The van der Waals surface area contributed by atoms with Crippen molar-refractivity contribution in [3.63, 3.8) is 0 Å². The van der Waals surface area contributed by atoms with Crippen LogP contribution in [0.5, 0.6) is 17.2 Å². The van der Waals surface area contributed by atoms with Gasteiger partial charge in [0.25, 0.3) is 0 Å². The fourth-order valence-electron chi connectivity index (χ4n) is 5.70. The number of carbonyl (C=O) groups is 1. The Morgan fingerprint density at radius 1 is 1.07 bits per heavy atom. The molecule has 1 aliphatic carbocycles. The van der Waals surface area contributed by atoms with Crippen LogP contribution in [0.1, 0.15) is 59.4 Å². The van der Waals surface area contributed by atoms with Crippen LogP contribution in [0.4, 0.5) is 0 Å². The summed E-state index contributed by atoms with van der Waals surface area (Å²) in [6.07, 6.45) is 1.29. The van der Waals surface area contributed by atoms with E-state index in [0.29, 0.717) is 31.1 Å². The SMILES string of the molecule is Cc1cc(OCC[C@@H](O)CO)cc(C)c1-c1cccc(COc2ccc3c(c2)OC2(CC2)C3CC(=O)[O-])c1C.[Na+]. The van der Waals surface area contributed by atoms with Crippen molar-refractivity contribution in [2.24, 2.45) is 0 Å². The van der Waals surface area contributed by atoms with E-state index in [1.165, 1.54) is 0 Å². The molecular formula is C32H35NaO7. The molecule has 1 aliphatic heterocycles. The van der Waals surface area contributed by atoms with Gasteiger partial charge in [-0.05, 0) is 91.6 Å². The number of rotatable bonds is 11. The fraction of sp³-hybridized carbons (Fsp3) is 0.406. The van der Waals surface area contributed by atoms with Crippen molar-refractivity contribution in [1.29, 1.82) is 0 Å². The molecule has 2 N–H and O–H groups in total. The predicted molar refractivity (Wildman–Crippen MR) is 145 cm³/mol. The summed E-state index contributed by atoms with van der Waals surface area (Å²) in [5.41, 5.74) is 7.19. The number of hydrogen-bond acceptors (Lipinski definition) is 7. The van der Waals surface area contributed by atoms with E-state index in [4.69, 9.17) is 19.3 Å². The molecule has 1 heterocycles. The number of aliphatic carboxylic acids is 1. The van der Waals surface area contributed by atoms with Gasteiger partial charge in [-0.15, -0.1) is 0 Å². The molecule has 3 aromatic carbocycles. The van der Waals surface area contributed by atoms with E-state index in [9.17, 15) is 15.0 Å². The van der Waals surface area contributed by atoms with E-state index in [1.807, 2.05) is 36.4 Å². The van der Waals surface area contributed by atoms with Crippen LogP contribution < -0.4 is 48.9 Å². The van der Waals surface area contributed by atoms with Gasteiger partial charge in [-0.2, -0.15) is 0 Å². The predicted octanol–water partition coefficient (Wildman–Crippen LogP) is 1.13. The zero-order valence-electron chi connectivity index (χ0n) is 23.7. The maximum atomic E-state index is 11.3. The third kappa shape index (κ3) is 6.34. The van der Waals surface area contributed by atoms with Gasteiger partial charge in [-0.3, -0.25) is 0 Å². The van der Waals surface area contributed by atoms with Crippen LogP contribution in [0.3, 0.4) is 0 Å². The zero-order chi connectivity index (χ0) is 27.7. The molecule has 0 amide bonds. The minimum Gasteiger partial charge on any atom is -0.550 e. The Morgan fingerprint density at radius 3 is 2.45 bits per heavy atom. The second-order valence-corrected chi connectivity index (χ2v) is 10.8. The Labute approximate surface area is 257 Å². The molecule has 0 aromatic heterocycles. The number of carbonyl (C=O) groups excluding carboxylic acids is 1. The first-order chi connectivity index (χ1) is 18.7. The van der Waals surface area contributed by atoms with E-state index in [2.05, 4.69) is 32.9 Å². The van der Waals surface area contributed by atoms with Crippen LogP contribution in [0.15, 0.2) is 48.5 Å². The normalized spacial score (nSPS) is 17.0. The fourth-order valence-corrected chi connectivity index (χ4v) is 5.70. The quantitative estimate of drug-likeness (QED) is 0.342. The van der Waals surface area contributed by atoms with Gasteiger partial charge in [0, 0.05) is 29.9 Å². The molecule has 7 nitrogen and oxygen atoms in total. The van der Waals surface area contributed by atoms with Gasteiger partial charge in [-0.25, -0.2) is 0 Å². The third-order valence-corrected chi connectivity index (χ3v) is 7.97. The Kier molecular flexibility index (Phi) is 9.53. The number of benzene rings is 3. The molecule has 206 valence electrons. The summed E-state index contributed by atoms with van der Waals surface area (Å²) in [5, 5.41) is 29.8. The number of aryl methyl sites for hydroxylation is 2. The van der Waals surface area contributed by atoms with Crippen LogP contribution in [-0.2, 0) is 11.4 Å². The summed E-state index contributed by atoms with van der Waals surface area (Å²) in [6.45, 7) is 6.67. The van der Waals surface area contributed by atoms with Gasteiger partial charge >= 0.3 is 29.6 Å². The van der Waals surface area contributed by atoms with Crippen LogP contribution in [-0.4, -0.2) is 41.1 Å². The number of hydrogen-bond donors (Lipinski definition) is 2. The standard InChI is InChI=1S/C32H36O7.Na/c1-19-13-25(37-12-9-23(34)17-33)14-20(2)31(19)26-6-4-5-22(21(26)3)18-38-24-7-8-27-28(16-30(35)36)32(10-11-32)39-29(27)15-24;/h4-8,13-15,23,28,33-34H,9-12,16-18H2,1-3H3,(H,35,36);/q;+1/p-1/t23-,28?;/m1./s1. The Bertz CT molecular complexity index is 1360. The van der Waals surface area contributed by atoms with Crippen molar-refractivity contribution in [2.75, 3.05) is 13.2 Å². The molecule has 3 aromatic rings. The van der Waals surface area contributed by atoms with E-state index in [0.717, 1.165) is 57.5 Å². The molecule has 1 unspecified atom stereocenters. The van der Waals surface area contributed by atoms with Gasteiger partial charge in [0.2, 0.25) is 0 Å². The first kappa shape index (κ1) is 30.4. The number of carboxylic acid groups (broad SMARTS) is 1. The average Bonchev–Trinajstić information content (AvgIpc) is 3.61. The van der Waals surface area contributed by atoms with E-state index >= 15 is 0 Å². The Morgan fingerprint density at radius 2 is 1.80 bits per heavy atom. The minimum absolute atomic E-state index is 0. The maximum Gasteiger partial charge on any atom is 1.00 e. The van der Waals surface area contributed by atoms with Gasteiger partial charge < -0.3 is 34.3 Å². The summed E-state index contributed by atoms with van der Waals surface area (Å²) in [7, 11) is 0. The zero-order valence-corrected chi connectivity index (χ0v) is 25.7. The van der Waals surface area contributed by atoms with Crippen molar-refractivity contribution in [3.05, 3.63) is 76.3 Å². The van der Waals surface area contributed by atoms with Gasteiger partial charge in [0.05, 0.1) is 19.3 Å². The second kappa shape index (κ2) is 12.5. The summed E-state index contributed by atoms with van der Waals surface area (Å²) < 4.78 is 18.2. The second-order valence-electron chi connectivity index (χ2n) is 10.8. The Hall–Kier alpha value is -2.55. The number of carboxylic acids is 1. The number of aliphatic hydroxyl groups is 2. The van der Waals surface area contributed by atoms with Gasteiger partial charge in [0.15, 0.2) is 0 Å². The molecular weight excluding hydrogens is 519 g/mol. The molecule has 0 bridgehead atoms. The van der Waals surface area contributed by atoms with Crippen LogP contribution in [0.25, 0.3) is 11.1 Å². The van der Waals surface area contributed by atoms with Crippen molar-refractivity contribution < 1.29 is 63.9 Å². The van der Waals surface area contributed by atoms with Gasteiger partial charge in [0.1, 0.15) is 29.5 Å². The van der Waals surface area contributed by atoms with Crippen LogP contribution in [0, 0.1) is 20.8 Å². The molecule has 8 heteroatoms. The topological polar surface area (TPSA) is 108 Å². The summed E-state index contributed by atoms with van der Waals surface area (Å²) in [6, 6.07) is 15.9. The molecule has 1 spiro atoms. The molecule has 2 aliphatic rings. The molecule has 5 rings (SSSR count). The van der Waals surface area contributed by atoms with Gasteiger partial charge in [-0.1, -0.05) is 24.3 Å². The first-order valence-corrected chi connectivity index (χ1v) is 13.5. The summed E-state index contributed by atoms with van der Waals surface area (Å²) in [4.78, 5) is 11.3.